The average Bonchev–Trinajstić information content (AvgIpc) is 2.16. The second-order valence-corrected chi connectivity index (χ2v) is 2.85. The van der Waals surface area contributed by atoms with E-state index < -0.39 is 29.2 Å². The molecule has 5 heteroatoms. The smallest absolute Gasteiger partial charge is 0.265 e. The molecule has 1 rings (SSSR count). The molecule has 2 nitrogen and oxygen atoms in total. The number of nitriles is 1. The fourth-order valence-corrected chi connectivity index (χ4v) is 1.24. The monoisotopic (exact) mass is 213 g/mol. The molecule has 0 saturated carbocycles. The van der Waals surface area contributed by atoms with Gasteiger partial charge < -0.3 is 0 Å². The van der Waals surface area contributed by atoms with Gasteiger partial charge in [0, 0.05) is 11.1 Å². The molecule has 0 aromatic heterocycles. The highest BCUT2D eigenvalue weighted by molar-refractivity contribution is 5.96. The van der Waals surface area contributed by atoms with Crippen molar-refractivity contribution in [3.05, 3.63) is 34.6 Å². The van der Waals surface area contributed by atoms with Gasteiger partial charge in [-0.2, -0.15) is 5.26 Å². The summed E-state index contributed by atoms with van der Waals surface area (Å²) < 4.78 is 38.1. The Morgan fingerprint density at radius 2 is 2.07 bits per heavy atom. The molecule has 0 radical (unpaired) electrons. The van der Waals surface area contributed by atoms with E-state index in [1.807, 2.05) is 0 Å². The molecule has 0 N–H and O–H groups in total. The van der Waals surface area contributed by atoms with Crippen molar-refractivity contribution < 1.29 is 18.0 Å². The number of rotatable bonds is 2. The molecule has 0 aliphatic rings. The second-order valence-electron chi connectivity index (χ2n) is 2.85. The zero-order valence-electron chi connectivity index (χ0n) is 7.72. The van der Waals surface area contributed by atoms with Gasteiger partial charge in [-0.25, -0.2) is 13.2 Å². The molecule has 0 unspecified atom stereocenters. The van der Waals surface area contributed by atoms with E-state index in [0.717, 1.165) is 19.1 Å². The van der Waals surface area contributed by atoms with E-state index in [2.05, 4.69) is 0 Å². The molecule has 1 aromatic rings. The quantitative estimate of drug-likeness (QED) is 0.708. The van der Waals surface area contributed by atoms with Crippen LogP contribution in [0.2, 0.25) is 0 Å². The lowest BCUT2D eigenvalue weighted by Gasteiger charge is -2.08. The first-order valence-electron chi connectivity index (χ1n) is 4.00. The molecule has 0 heterocycles. The third kappa shape index (κ3) is 1.99. The van der Waals surface area contributed by atoms with Gasteiger partial charge in [0.25, 0.3) is 6.43 Å². The van der Waals surface area contributed by atoms with E-state index in [9.17, 15) is 18.0 Å². The Hall–Kier alpha value is -1.83. The molecule has 0 amide bonds. The summed E-state index contributed by atoms with van der Waals surface area (Å²) >= 11 is 0. The van der Waals surface area contributed by atoms with Gasteiger partial charge >= 0.3 is 0 Å². The van der Waals surface area contributed by atoms with Crippen LogP contribution in [0, 0.1) is 17.1 Å². The first kappa shape index (κ1) is 11.2. The van der Waals surface area contributed by atoms with Gasteiger partial charge in [-0.05, 0) is 19.1 Å². The molecule has 15 heavy (non-hydrogen) atoms. The highest BCUT2D eigenvalue weighted by atomic mass is 19.3. The Kier molecular flexibility index (Phi) is 3.10. The van der Waals surface area contributed by atoms with Crippen LogP contribution in [0.5, 0.6) is 0 Å². The van der Waals surface area contributed by atoms with Gasteiger partial charge in [0.05, 0.1) is 5.56 Å². The largest absolute Gasteiger partial charge is 0.294 e. The van der Waals surface area contributed by atoms with E-state index in [0.29, 0.717) is 0 Å². The van der Waals surface area contributed by atoms with Crippen LogP contribution in [0.4, 0.5) is 13.2 Å². The van der Waals surface area contributed by atoms with Gasteiger partial charge in [0.1, 0.15) is 11.9 Å². The SMILES string of the molecule is CC(=O)c1ccc(F)c(C#N)c1C(F)F. The van der Waals surface area contributed by atoms with E-state index in [4.69, 9.17) is 5.26 Å². The fraction of sp³-hybridized carbons (Fsp3) is 0.200. The summed E-state index contributed by atoms with van der Waals surface area (Å²) in [6.45, 7) is 1.08. The maximum absolute atomic E-state index is 13.0. The molecular weight excluding hydrogens is 207 g/mol. The van der Waals surface area contributed by atoms with Crippen LogP contribution in [0.25, 0.3) is 0 Å². The van der Waals surface area contributed by atoms with Crippen LogP contribution >= 0.6 is 0 Å². The predicted molar refractivity (Wildman–Crippen MR) is 46.1 cm³/mol. The number of alkyl halides is 2. The topological polar surface area (TPSA) is 40.9 Å². The third-order valence-electron chi connectivity index (χ3n) is 1.90. The van der Waals surface area contributed by atoms with E-state index in [1.54, 1.807) is 0 Å². The van der Waals surface area contributed by atoms with Crippen LogP contribution in [-0.4, -0.2) is 5.78 Å². The highest BCUT2D eigenvalue weighted by Gasteiger charge is 2.23. The average molecular weight is 213 g/mol. The summed E-state index contributed by atoms with van der Waals surface area (Å²) in [6.07, 6.45) is -3.05. The number of benzene rings is 1. The Morgan fingerprint density at radius 3 is 2.47 bits per heavy atom. The Labute approximate surface area is 83.9 Å². The van der Waals surface area contributed by atoms with Gasteiger partial charge in [-0.3, -0.25) is 4.79 Å². The van der Waals surface area contributed by atoms with Gasteiger partial charge in [0.15, 0.2) is 5.78 Å². The lowest BCUT2D eigenvalue weighted by molar-refractivity contribution is 0.0998. The predicted octanol–water partition coefficient (Wildman–Crippen LogP) is 2.84. The summed E-state index contributed by atoms with van der Waals surface area (Å²) in [4.78, 5) is 11.0. The van der Waals surface area contributed by atoms with Crippen LogP contribution in [0.3, 0.4) is 0 Å². The molecule has 78 valence electrons. The van der Waals surface area contributed by atoms with Crippen molar-refractivity contribution >= 4 is 5.78 Å². The fourth-order valence-electron chi connectivity index (χ4n) is 1.24. The van der Waals surface area contributed by atoms with Crippen LogP contribution in [-0.2, 0) is 0 Å². The molecular formula is C10H6F3NO. The lowest BCUT2D eigenvalue weighted by atomic mass is 9.99. The summed E-state index contributed by atoms with van der Waals surface area (Å²) in [7, 11) is 0. The minimum absolute atomic E-state index is 0.317. The van der Waals surface area contributed by atoms with Crippen molar-refractivity contribution in [2.45, 2.75) is 13.3 Å². The number of carbonyl (C=O) groups is 1. The number of Topliss-reactive ketones (excluding diaryl/α,β-unsaturated/α-hetero) is 1. The molecule has 0 bridgehead atoms. The lowest BCUT2D eigenvalue weighted by Crippen LogP contribution is -2.05. The third-order valence-corrected chi connectivity index (χ3v) is 1.90. The molecule has 1 aromatic carbocycles. The van der Waals surface area contributed by atoms with Gasteiger partial charge in [-0.1, -0.05) is 0 Å². The molecule has 0 aliphatic heterocycles. The number of ketones is 1. The van der Waals surface area contributed by atoms with Crippen molar-refractivity contribution in [2.24, 2.45) is 0 Å². The Balaban J connectivity index is 3.58. The summed E-state index contributed by atoms with van der Waals surface area (Å²) in [6, 6.07) is 3.13. The van der Waals surface area contributed by atoms with Crippen LogP contribution in [0.15, 0.2) is 12.1 Å². The first-order valence-corrected chi connectivity index (χ1v) is 4.00. The highest BCUT2D eigenvalue weighted by Crippen LogP contribution is 2.28. The minimum atomic E-state index is -3.05. The van der Waals surface area contributed by atoms with Gasteiger partial charge in [0.2, 0.25) is 0 Å². The standard InChI is InChI=1S/C10H6F3NO/c1-5(15)6-2-3-8(11)7(4-14)9(6)10(12)13/h2-3,10H,1H3. The van der Waals surface area contributed by atoms with Crippen molar-refractivity contribution in [2.75, 3.05) is 0 Å². The summed E-state index contributed by atoms with van der Waals surface area (Å²) in [5.74, 6) is -1.67. The second kappa shape index (κ2) is 4.13. The number of nitrogens with zero attached hydrogens (tertiary/aromatic N) is 1. The van der Waals surface area contributed by atoms with Crippen molar-refractivity contribution in [1.29, 1.82) is 5.26 Å². The van der Waals surface area contributed by atoms with E-state index >= 15 is 0 Å². The van der Waals surface area contributed by atoms with E-state index in [-0.39, 0.29) is 5.56 Å². The van der Waals surface area contributed by atoms with Crippen molar-refractivity contribution in [3.8, 4) is 6.07 Å². The van der Waals surface area contributed by atoms with Crippen LogP contribution in [0.1, 0.15) is 34.8 Å². The molecule has 0 spiro atoms. The minimum Gasteiger partial charge on any atom is -0.294 e. The molecule has 0 saturated heterocycles. The number of hydrogen-bond donors (Lipinski definition) is 0. The van der Waals surface area contributed by atoms with Crippen LogP contribution < -0.4 is 0 Å². The van der Waals surface area contributed by atoms with Gasteiger partial charge in [-0.15, -0.1) is 0 Å². The molecule has 0 aliphatic carbocycles. The van der Waals surface area contributed by atoms with E-state index in [1.165, 1.54) is 6.07 Å². The first-order chi connectivity index (χ1) is 6.99. The Bertz CT molecular complexity index is 449. The summed E-state index contributed by atoms with van der Waals surface area (Å²) in [5, 5.41) is 8.52. The zero-order valence-corrected chi connectivity index (χ0v) is 7.72. The number of halogens is 3. The molecule has 0 atom stereocenters. The maximum Gasteiger partial charge on any atom is 0.265 e. The van der Waals surface area contributed by atoms with Crippen molar-refractivity contribution in [3.63, 3.8) is 0 Å². The maximum atomic E-state index is 13.0. The number of carbonyl (C=O) groups excluding carboxylic acids is 1. The number of hydrogen-bond acceptors (Lipinski definition) is 2. The normalized spacial score (nSPS) is 10.1. The Morgan fingerprint density at radius 1 is 1.47 bits per heavy atom. The zero-order chi connectivity index (χ0) is 11.6. The summed E-state index contributed by atoms with van der Waals surface area (Å²) in [5.41, 5.74) is -1.91. The van der Waals surface area contributed by atoms with Crippen molar-refractivity contribution in [1.82, 2.24) is 0 Å². The molecule has 0 fully saturated rings.